The van der Waals surface area contributed by atoms with E-state index in [9.17, 15) is 22.8 Å². The number of nitrogens with two attached hydrogens (primary N) is 2. The van der Waals surface area contributed by atoms with Crippen LogP contribution in [0.3, 0.4) is 0 Å². The average molecular weight is 558 g/mol. The zero-order valence-electron chi connectivity index (χ0n) is 22.7. The molecule has 210 valence electrons. The second-order valence-electron chi connectivity index (χ2n) is 10.1. The number of carbonyl (C=O) groups is 1. The van der Waals surface area contributed by atoms with E-state index in [2.05, 4.69) is 0 Å². The third-order valence-electron chi connectivity index (χ3n) is 7.02. The highest BCUT2D eigenvalue weighted by atomic mass is 32.2. The van der Waals surface area contributed by atoms with Crippen molar-refractivity contribution < 1.29 is 13.2 Å². The quantitative estimate of drug-likeness (QED) is 0.234. The molecule has 1 saturated heterocycles. The summed E-state index contributed by atoms with van der Waals surface area (Å²) in [5.41, 5.74) is 12.1. The van der Waals surface area contributed by atoms with Crippen molar-refractivity contribution in [2.24, 2.45) is 12.8 Å². The topological polar surface area (TPSA) is 168 Å². The number of allylic oxidation sites excluding steroid dienone is 2. The Balaban J connectivity index is 1.87. The number of carbonyl (C=O) groups excluding carboxylic acids is 1. The van der Waals surface area contributed by atoms with Crippen LogP contribution in [0.25, 0.3) is 11.2 Å². The van der Waals surface area contributed by atoms with Gasteiger partial charge in [0, 0.05) is 38.3 Å². The number of anilines is 2. The molecule has 3 heterocycles. The highest BCUT2D eigenvalue weighted by Crippen LogP contribution is 2.25. The van der Waals surface area contributed by atoms with Crippen LogP contribution in [0.15, 0.2) is 44.3 Å². The van der Waals surface area contributed by atoms with Gasteiger partial charge >= 0.3 is 5.69 Å². The first-order valence-electron chi connectivity index (χ1n) is 12.9. The Kier molecular flexibility index (Phi) is 7.84. The number of nitrogens with zero attached hydrogens (tertiary/aromatic N) is 5. The van der Waals surface area contributed by atoms with Gasteiger partial charge in [0.2, 0.25) is 5.95 Å². The van der Waals surface area contributed by atoms with E-state index < -0.39 is 33.4 Å². The van der Waals surface area contributed by atoms with Crippen LogP contribution in [0, 0.1) is 0 Å². The van der Waals surface area contributed by atoms with Crippen LogP contribution in [-0.4, -0.2) is 57.8 Å². The van der Waals surface area contributed by atoms with Gasteiger partial charge in [0.1, 0.15) is 0 Å². The summed E-state index contributed by atoms with van der Waals surface area (Å²) in [7, 11) is -2.18. The minimum absolute atomic E-state index is 0.0358. The monoisotopic (exact) mass is 557 g/mol. The Hall–Kier alpha value is -3.71. The zero-order chi connectivity index (χ0) is 28.6. The number of benzene rings is 1. The number of para-hydroxylation sites is 1. The van der Waals surface area contributed by atoms with E-state index in [0.29, 0.717) is 25.6 Å². The van der Waals surface area contributed by atoms with Crippen molar-refractivity contribution in [3.8, 4) is 0 Å². The molecule has 13 heteroatoms. The molecule has 1 aromatic carbocycles. The summed E-state index contributed by atoms with van der Waals surface area (Å²) in [5.74, 6) is -0.307. The first-order chi connectivity index (χ1) is 18.4. The van der Waals surface area contributed by atoms with Crippen LogP contribution in [0.2, 0.25) is 0 Å². The normalized spacial score (nSPS) is 16.0. The highest BCUT2D eigenvalue weighted by Gasteiger charge is 2.27. The SMILES string of the molecule is CCS(=O)(=O)c1cccc(C(=O)Cn2c(=O)c3c(nc(N4CCCC(N)C4)n3CC=C(C)C)n(C)c2=O)c1N. The third kappa shape index (κ3) is 5.28. The number of sulfone groups is 1. The molecule has 39 heavy (non-hydrogen) atoms. The Labute approximate surface area is 226 Å². The van der Waals surface area contributed by atoms with Gasteiger partial charge in [-0.25, -0.2) is 13.2 Å². The molecule has 0 saturated carbocycles. The maximum absolute atomic E-state index is 13.8. The summed E-state index contributed by atoms with van der Waals surface area (Å²) in [5, 5.41) is 0. The van der Waals surface area contributed by atoms with Gasteiger partial charge in [-0.3, -0.25) is 18.7 Å². The maximum Gasteiger partial charge on any atom is 0.332 e. The third-order valence-corrected chi connectivity index (χ3v) is 8.80. The molecule has 0 radical (unpaired) electrons. The molecule has 4 rings (SSSR count). The first-order valence-corrected chi connectivity index (χ1v) is 14.5. The lowest BCUT2D eigenvalue weighted by Crippen LogP contribution is -2.44. The van der Waals surface area contributed by atoms with Crippen molar-refractivity contribution in [3.63, 3.8) is 0 Å². The molecule has 2 aromatic heterocycles. The molecule has 1 atom stereocenters. The second kappa shape index (κ2) is 10.8. The number of hydrogen-bond donors (Lipinski definition) is 2. The summed E-state index contributed by atoms with van der Waals surface area (Å²) in [6, 6.07) is 4.10. The molecule has 1 fully saturated rings. The second-order valence-corrected chi connectivity index (χ2v) is 12.3. The largest absolute Gasteiger partial charge is 0.397 e. The summed E-state index contributed by atoms with van der Waals surface area (Å²) < 4.78 is 28.7. The van der Waals surface area contributed by atoms with Gasteiger partial charge in [0.25, 0.3) is 5.56 Å². The standard InChI is InChI=1S/C26H35N7O5S/c1-5-39(37,38)20-10-6-9-18(21(20)28)19(34)15-33-24(35)22-23(30(4)26(33)36)29-25(32(22)13-11-16(2)3)31-12-7-8-17(27)14-31/h6,9-11,17H,5,7-8,12-15,27-28H2,1-4H3. The molecule has 0 amide bonds. The van der Waals surface area contributed by atoms with E-state index in [1.54, 1.807) is 4.57 Å². The molecule has 0 bridgehead atoms. The fourth-order valence-electron chi connectivity index (χ4n) is 4.82. The summed E-state index contributed by atoms with van der Waals surface area (Å²) in [6.45, 7) is 6.37. The van der Waals surface area contributed by atoms with Crippen molar-refractivity contribution in [2.45, 2.75) is 57.6 Å². The van der Waals surface area contributed by atoms with Gasteiger partial charge < -0.3 is 20.9 Å². The predicted octanol–water partition coefficient (Wildman–Crippen LogP) is 1.05. The fourth-order valence-corrected chi connectivity index (χ4v) is 5.86. The van der Waals surface area contributed by atoms with Crippen molar-refractivity contribution in [3.05, 3.63) is 56.2 Å². The molecule has 4 N–H and O–H groups in total. The zero-order valence-corrected chi connectivity index (χ0v) is 23.5. The van der Waals surface area contributed by atoms with Crippen LogP contribution >= 0.6 is 0 Å². The molecule has 1 aliphatic rings. The molecule has 1 aliphatic heterocycles. The van der Waals surface area contributed by atoms with Gasteiger partial charge in [-0.2, -0.15) is 4.98 Å². The number of imidazole rings is 1. The molecule has 1 unspecified atom stereocenters. The lowest BCUT2D eigenvalue weighted by molar-refractivity contribution is 0.0969. The number of rotatable bonds is 8. The van der Waals surface area contributed by atoms with E-state index in [-0.39, 0.29) is 39.1 Å². The number of nitrogen functional groups attached to an aromatic ring is 1. The van der Waals surface area contributed by atoms with Gasteiger partial charge in [0.15, 0.2) is 26.8 Å². The number of piperidine rings is 1. The van der Waals surface area contributed by atoms with Crippen molar-refractivity contribution in [2.75, 3.05) is 29.5 Å². The average Bonchev–Trinajstić information content (AvgIpc) is 3.28. The minimum Gasteiger partial charge on any atom is -0.397 e. The van der Waals surface area contributed by atoms with E-state index in [1.807, 2.05) is 24.8 Å². The molecule has 0 spiro atoms. The Morgan fingerprint density at radius 3 is 2.56 bits per heavy atom. The van der Waals surface area contributed by atoms with Crippen molar-refractivity contribution >= 4 is 38.4 Å². The Morgan fingerprint density at radius 2 is 1.92 bits per heavy atom. The minimum atomic E-state index is -3.68. The predicted molar refractivity (Wildman–Crippen MR) is 151 cm³/mol. The number of aryl methyl sites for hydroxylation is 1. The number of hydrogen-bond acceptors (Lipinski definition) is 9. The van der Waals surface area contributed by atoms with Crippen molar-refractivity contribution in [1.82, 2.24) is 18.7 Å². The highest BCUT2D eigenvalue weighted by molar-refractivity contribution is 7.91. The van der Waals surface area contributed by atoms with E-state index >= 15 is 0 Å². The summed E-state index contributed by atoms with van der Waals surface area (Å²) in [6.07, 6.45) is 3.72. The number of Topliss-reactive ketones (excluding diaryl/α,β-unsaturated/α-hetero) is 1. The lowest BCUT2D eigenvalue weighted by atomic mass is 10.1. The van der Waals surface area contributed by atoms with Gasteiger partial charge in [-0.1, -0.05) is 24.6 Å². The number of ketones is 1. The Bertz CT molecular complexity index is 1690. The maximum atomic E-state index is 13.8. The van der Waals surface area contributed by atoms with Crippen LogP contribution in [-0.2, 0) is 30.0 Å². The van der Waals surface area contributed by atoms with Gasteiger partial charge in [-0.05, 0) is 38.8 Å². The molecular weight excluding hydrogens is 522 g/mol. The van der Waals surface area contributed by atoms with Gasteiger partial charge in [-0.15, -0.1) is 0 Å². The first kappa shape index (κ1) is 28.3. The number of aromatic nitrogens is 4. The van der Waals surface area contributed by atoms with Crippen LogP contribution in [0.1, 0.15) is 44.0 Å². The van der Waals surface area contributed by atoms with Crippen molar-refractivity contribution in [1.29, 1.82) is 0 Å². The van der Waals surface area contributed by atoms with Crippen LogP contribution < -0.4 is 27.6 Å². The molecule has 3 aromatic rings. The fraction of sp³-hybridized carbons (Fsp3) is 0.462. The smallest absolute Gasteiger partial charge is 0.332 e. The summed E-state index contributed by atoms with van der Waals surface area (Å²) in [4.78, 5) is 47.0. The van der Waals surface area contributed by atoms with E-state index in [1.165, 1.54) is 36.7 Å². The molecule has 12 nitrogen and oxygen atoms in total. The van der Waals surface area contributed by atoms with Crippen LogP contribution in [0.4, 0.5) is 11.6 Å². The molecule has 0 aliphatic carbocycles. The van der Waals surface area contributed by atoms with E-state index in [4.69, 9.17) is 16.5 Å². The molecular formula is C26H35N7O5S. The number of fused-ring (bicyclic) bond motifs is 1. The lowest BCUT2D eigenvalue weighted by Gasteiger charge is -2.31. The van der Waals surface area contributed by atoms with Gasteiger partial charge in [0.05, 0.1) is 22.9 Å². The van der Waals surface area contributed by atoms with Crippen LogP contribution in [0.5, 0.6) is 0 Å². The Morgan fingerprint density at radius 1 is 1.21 bits per heavy atom. The summed E-state index contributed by atoms with van der Waals surface area (Å²) >= 11 is 0. The van der Waals surface area contributed by atoms with E-state index in [0.717, 1.165) is 23.0 Å².